The van der Waals surface area contributed by atoms with Crippen molar-refractivity contribution < 1.29 is 38.8 Å². The molecule has 0 saturated heterocycles. The van der Waals surface area contributed by atoms with Crippen molar-refractivity contribution in [2.24, 2.45) is 0 Å². The zero-order valence-electron chi connectivity index (χ0n) is 21.0. The number of imidazole rings is 1. The van der Waals surface area contributed by atoms with Gasteiger partial charge in [0, 0.05) is 13.5 Å². The first kappa shape index (κ1) is 28.8. The molecule has 4 aromatic rings. The number of aliphatic hydroxyl groups is 1. The number of aliphatic carboxylic acids is 2. The highest BCUT2D eigenvalue weighted by atomic mass is 35.5. The predicted octanol–water partition coefficient (Wildman–Crippen LogP) is 2.74. The number of hydrogen-bond donors (Lipinski definition) is 4. The molecule has 2 aromatic carbocycles. The molecule has 2 heterocycles. The fourth-order valence-corrected chi connectivity index (χ4v) is 4.28. The van der Waals surface area contributed by atoms with E-state index in [1.165, 1.54) is 0 Å². The van der Waals surface area contributed by atoms with Crippen LogP contribution < -0.4 is 5.73 Å². The van der Waals surface area contributed by atoms with E-state index in [0.717, 1.165) is 29.1 Å². The molecular formula is C26H25ClFN5O7. The molecule has 5 N–H and O–H groups in total. The van der Waals surface area contributed by atoms with Crippen molar-refractivity contribution in [3.8, 4) is 11.1 Å². The molecule has 4 rings (SSSR count). The molecule has 0 saturated carbocycles. The van der Waals surface area contributed by atoms with Crippen LogP contribution in [-0.4, -0.2) is 78.3 Å². The fourth-order valence-electron chi connectivity index (χ4n) is 4.11. The van der Waals surface area contributed by atoms with Crippen molar-refractivity contribution in [1.82, 2.24) is 19.5 Å². The summed E-state index contributed by atoms with van der Waals surface area (Å²) in [5, 5.41) is 30.3. The summed E-state index contributed by atoms with van der Waals surface area (Å²) in [4.78, 5) is 36.0. The number of aliphatic hydroxyl groups excluding tert-OH is 1. The van der Waals surface area contributed by atoms with Crippen LogP contribution in [0.1, 0.15) is 11.9 Å². The number of fused-ring (bicyclic) bond motifs is 1. The van der Waals surface area contributed by atoms with Crippen LogP contribution in [-0.2, 0) is 25.5 Å². The quantitative estimate of drug-likeness (QED) is 0.144. The number of nitrogen functional groups attached to an aromatic ring is 1. The van der Waals surface area contributed by atoms with Gasteiger partial charge in [-0.15, -0.1) is 0 Å². The van der Waals surface area contributed by atoms with E-state index in [0.29, 0.717) is 5.56 Å². The highest BCUT2D eigenvalue weighted by molar-refractivity contribution is 6.28. The summed E-state index contributed by atoms with van der Waals surface area (Å²) in [6.07, 6.45) is -5.24. The number of benzene rings is 2. The van der Waals surface area contributed by atoms with Gasteiger partial charge in [-0.05, 0) is 28.3 Å². The minimum Gasteiger partial charge on any atom is -0.479 e. The van der Waals surface area contributed by atoms with Gasteiger partial charge in [-0.25, -0.2) is 19.0 Å². The smallest absolute Gasteiger partial charge is 0.348 e. The molecule has 210 valence electrons. The van der Waals surface area contributed by atoms with Crippen LogP contribution >= 0.6 is 11.6 Å². The van der Waals surface area contributed by atoms with Crippen LogP contribution in [0.2, 0.25) is 5.28 Å². The van der Waals surface area contributed by atoms with Crippen molar-refractivity contribution in [1.29, 1.82) is 0 Å². The maximum Gasteiger partial charge on any atom is 0.348 e. The number of nitrogens with zero attached hydrogens (tertiary/aromatic N) is 4. The minimum absolute atomic E-state index is 0.0403. The van der Waals surface area contributed by atoms with Crippen molar-refractivity contribution in [3.05, 3.63) is 71.8 Å². The Morgan fingerprint density at radius 1 is 1.07 bits per heavy atom. The molecule has 12 nitrogen and oxygen atoms in total. The molecule has 0 aliphatic heterocycles. The third-order valence-corrected chi connectivity index (χ3v) is 6.52. The molecule has 0 fully saturated rings. The Morgan fingerprint density at radius 3 is 2.30 bits per heavy atom. The van der Waals surface area contributed by atoms with Crippen LogP contribution in [0.4, 0.5) is 10.2 Å². The lowest BCUT2D eigenvalue weighted by molar-refractivity contribution is -0.192. The zero-order valence-corrected chi connectivity index (χ0v) is 21.8. The van der Waals surface area contributed by atoms with Gasteiger partial charge in [-0.3, -0.25) is 4.57 Å². The molecule has 40 heavy (non-hydrogen) atoms. The van der Waals surface area contributed by atoms with E-state index in [1.54, 1.807) is 24.3 Å². The van der Waals surface area contributed by atoms with Crippen molar-refractivity contribution >= 4 is 40.5 Å². The lowest BCUT2D eigenvalue weighted by Crippen LogP contribution is -2.53. The summed E-state index contributed by atoms with van der Waals surface area (Å²) in [5.74, 6) is -3.67. The number of hydrogen-bond acceptors (Lipinski definition) is 9. The van der Waals surface area contributed by atoms with Crippen LogP contribution in [0.25, 0.3) is 22.3 Å². The number of carboxylic acids is 2. The summed E-state index contributed by atoms with van der Waals surface area (Å²) < 4.78 is 26.8. The molecule has 0 amide bonds. The summed E-state index contributed by atoms with van der Waals surface area (Å²) in [6.45, 7) is -0.788. The van der Waals surface area contributed by atoms with E-state index in [-0.39, 0.29) is 22.3 Å². The SMILES string of the molecule is CO[C@H](COC(Cc1ccc(-c2ccccc2)cc1)(C(=O)O)C(=O)O)[C@@H](O)[C@H](F)n1cnc2c(N)nc(Cl)nc21. The Labute approximate surface area is 231 Å². The first-order valence-corrected chi connectivity index (χ1v) is 12.2. The average Bonchev–Trinajstić information content (AvgIpc) is 3.36. The summed E-state index contributed by atoms with van der Waals surface area (Å²) in [6, 6.07) is 16.0. The molecule has 2 aromatic heterocycles. The third-order valence-electron chi connectivity index (χ3n) is 6.35. The Balaban J connectivity index is 1.54. The maximum absolute atomic E-state index is 15.4. The topological polar surface area (TPSA) is 183 Å². The number of alkyl halides is 1. The van der Waals surface area contributed by atoms with Crippen molar-refractivity contribution in [3.63, 3.8) is 0 Å². The van der Waals surface area contributed by atoms with Crippen LogP contribution in [0.15, 0.2) is 60.9 Å². The molecule has 3 atom stereocenters. The number of methoxy groups -OCH3 is 1. The highest BCUT2D eigenvalue weighted by Gasteiger charge is 2.49. The monoisotopic (exact) mass is 573 g/mol. The van der Waals surface area contributed by atoms with Gasteiger partial charge in [0.2, 0.25) is 11.6 Å². The second-order valence-corrected chi connectivity index (χ2v) is 9.17. The molecule has 0 spiro atoms. The van der Waals surface area contributed by atoms with Crippen LogP contribution in [0, 0.1) is 0 Å². The molecule has 0 radical (unpaired) electrons. The van der Waals surface area contributed by atoms with Crippen LogP contribution in [0.5, 0.6) is 0 Å². The van der Waals surface area contributed by atoms with Crippen molar-refractivity contribution in [2.45, 2.75) is 30.5 Å². The fraction of sp³-hybridized carbons (Fsp3) is 0.269. The molecule has 14 heteroatoms. The van der Waals surface area contributed by atoms with Gasteiger partial charge in [0.1, 0.15) is 17.7 Å². The Morgan fingerprint density at radius 2 is 1.70 bits per heavy atom. The minimum atomic E-state index is -2.76. The van der Waals surface area contributed by atoms with E-state index in [1.807, 2.05) is 30.3 Å². The molecule has 0 aliphatic carbocycles. The molecule has 0 bridgehead atoms. The van der Waals surface area contributed by atoms with Crippen LogP contribution in [0.3, 0.4) is 0 Å². The van der Waals surface area contributed by atoms with Gasteiger partial charge < -0.3 is 30.5 Å². The summed E-state index contributed by atoms with van der Waals surface area (Å²) in [7, 11) is 1.12. The van der Waals surface area contributed by atoms with Gasteiger partial charge in [0.25, 0.3) is 5.60 Å². The second-order valence-electron chi connectivity index (χ2n) is 8.83. The standard InChI is InChI=1S/C26H25ClFN5O7/c1-39-17(19(34)20(28)33-13-30-18-21(29)31-25(27)32-22(18)33)12-40-26(23(35)36,24(37)38)11-14-7-9-16(10-8-14)15-5-3-2-4-6-15/h2-10,13,17,19-20,34H,11-12H2,1H3,(H,35,36)(H,37,38)(H2,29,31,32)/t17-,19-,20-/m1/s1. The maximum atomic E-state index is 15.4. The summed E-state index contributed by atoms with van der Waals surface area (Å²) >= 11 is 5.81. The Hall–Kier alpha value is -4.17. The number of nitrogens with two attached hydrogens (primary N) is 1. The normalized spacial score (nSPS) is 14.1. The lowest BCUT2D eigenvalue weighted by atomic mass is 9.93. The van der Waals surface area contributed by atoms with E-state index < -0.39 is 49.1 Å². The number of ether oxygens (including phenoxy) is 2. The molecule has 0 aliphatic rings. The van der Waals surface area contributed by atoms with Gasteiger partial charge in [0.05, 0.1) is 12.9 Å². The van der Waals surface area contributed by atoms with Gasteiger partial charge in [-0.2, -0.15) is 9.97 Å². The largest absolute Gasteiger partial charge is 0.479 e. The number of anilines is 1. The molecular weight excluding hydrogens is 549 g/mol. The van der Waals surface area contributed by atoms with E-state index in [2.05, 4.69) is 15.0 Å². The summed E-state index contributed by atoms with van der Waals surface area (Å²) in [5.41, 5.74) is 5.04. The number of aromatic nitrogens is 4. The Bertz CT molecular complexity index is 1490. The number of halogens is 2. The number of carboxylic acid groups (broad SMARTS) is 2. The van der Waals surface area contributed by atoms with Gasteiger partial charge >= 0.3 is 11.9 Å². The third kappa shape index (κ3) is 5.72. The van der Waals surface area contributed by atoms with E-state index in [4.69, 9.17) is 26.8 Å². The number of rotatable bonds is 12. The Kier molecular flexibility index (Phi) is 8.59. The van der Waals surface area contributed by atoms with Crippen molar-refractivity contribution in [2.75, 3.05) is 19.5 Å². The first-order chi connectivity index (χ1) is 19.1. The first-order valence-electron chi connectivity index (χ1n) is 11.8. The molecule has 0 unspecified atom stereocenters. The van der Waals surface area contributed by atoms with Gasteiger partial charge in [-0.1, -0.05) is 54.6 Å². The highest BCUT2D eigenvalue weighted by Crippen LogP contribution is 2.28. The second kappa shape index (κ2) is 11.9. The van der Waals surface area contributed by atoms with E-state index >= 15 is 4.39 Å². The van der Waals surface area contributed by atoms with Gasteiger partial charge in [0.15, 0.2) is 11.5 Å². The van der Waals surface area contributed by atoms with E-state index in [9.17, 15) is 24.9 Å². The zero-order chi connectivity index (χ0) is 29.0. The predicted molar refractivity (Wildman–Crippen MR) is 141 cm³/mol. The lowest BCUT2D eigenvalue weighted by Gasteiger charge is -2.30. The number of carbonyl (C=O) groups is 2. The average molecular weight is 574 g/mol.